The molecular weight excluding hydrogens is 735 g/mol. The van der Waals surface area contributed by atoms with Crippen LogP contribution in [0, 0.1) is 15.9 Å². The molecule has 0 aliphatic rings. The number of benzene rings is 3. The third-order valence-corrected chi connectivity index (χ3v) is 7.68. The van der Waals surface area contributed by atoms with Gasteiger partial charge in [0.1, 0.15) is 29.5 Å². The van der Waals surface area contributed by atoms with Gasteiger partial charge in [0, 0.05) is 12.5 Å². The summed E-state index contributed by atoms with van der Waals surface area (Å²) in [7, 11) is 3.95. The molecule has 3 amide bonds. The topological polar surface area (TPSA) is 203 Å². The van der Waals surface area contributed by atoms with E-state index in [2.05, 4.69) is 16.0 Å². The predicted molar refractivity (Wildman–Crippen MR) is 201 cm³/mol. The van der Waals surface area contributed by atoms with E-state index in [1.54, 1.807) is 60.6 Å². The zero-order chi connectivity index (χ0) is 41.9. The van der Waals surface area contributed by atoms with Crippen molar-refractivity contribution in [1.29, 1.82) is 0 Å². The molecule has 3 N–H and O–H groups in total. The fourth-order valence-electron chi connectivity index (χ4n) is 5.35. The van der Waals surface area contributed by atoms with E-state index in [1.807, 2.05) is 0 Å². The van der Waals surface area contributed by atoms with Gasteiger partial charge in [-0.15, -0.1) is 0 Å². The molecule has 0 unspecified atom stereocenters. The summed E-state index contributed by atoms with van der Waals surface area (Å²) in [5.74, 6) is -2.75. The first kappa shape index (κ1) is 44.3. The van der Waals surface area contributed by atoms with Crippen LogP contribution in [0.15, 0.2) is 54.6 Å². The number of halogens is 1. The summed E-state index contributed by atoms with van der Waals surface area (Å²) in [6.45, 7) is 12.1. The number of nitrogens with one attached hydrogen (secondary N) is 3. The Hall–Kier alpha value is -6.13. The average molecular weight is 785 g/mol. The average Bonchev–Trinajstić information content (AvgIpc) is 3.11. The van der Waals surface area contributed by atoms with E-state index in [4.69, 9.17) is 28.4 Å². The number of nitrogens with zero attached hydrogens (tertiary/aromatic N) is 1. The predicted octanol–water partition coefficient (Wildman–Crippen LogP) is 5.65. The molecule has 0 aromatic heterocycles. The van der Waals surface area contributed by atoms with E-state index < -0.39 is 64.0 Å². The summed E-state index contributed by atoms with van der Waals surface area (Å²) in [4.78, 5) is 65.4. The number of rotatable bonds is 17. The number of hydrogen-bond acceptors (Lipinski definition) is 12. The fourth-order valence-corrected chi connectivity index (χ4v) is 5.35. The third-order valence-electron chi connectivity index (χ3n) is 7.68. The first-order valence-corrected chi connectivity index (χ1v) is 17.6. The zero-order valence-electron chi connectivity index (χ0n) is 33.0. The number of alkyl carbamates (subject to hydrolysis) is 1. The molecule has 0 aliphatic heterocycles. The van der Waals surface area contributed by atoms with Crippen molar-refractivity contribution >= 4 is 29.6 Å². The van der Waals surface area contributed by atoms with Gasteiger partial charge in [0.05, 0.1) is 38.5 Å². The number of esters is 1. The van der Waals surface area contributed by atoms with Crippen LogP contribution in [-0.4, -0.2) is 74.0 Å². The maximum Gasteiger partial charge on any atom is 0.408 e. The number of ether oxygens (including phenoxy) is 6. The Bertz CT molecular complexity index is 1850. The molecule has 0 saturated carbocycles. The smallest absolute Gasteiger partial charge is 0.408 e. The highest BCUT2D eigenvalue weighted by Crippen LogP contribution is 2.41. The second-order valence-corrected chi connectivity index (χ2v) is 14.0. The molecule has 3 aromatic rings. The van der Waals surface area contributed by atoms with Crippen LogP contribution in [0.5, 0.6) is 23.0 Å². The van der Waals surface area contributed by atoms with Crippen LogP contribution in [0.25, 0.3) is 0 Å². The molecule has 0 saturated heterocycles. The molecule has 3 atom stereocenters. The molecule has 304 valence electrons. The minimum absolute atomic E-state index is 0.138. The maximum absolute atomic E-state index is 14.5. The SMILES string of the molecule is COC(=O)[C@H](Cc1ccc(F)c([N+](=O)[O-])c1)NC(=O)[C@H](NC(=O)[C@H](NC(=O)OC(C)(C)C)c1cc(OC(C)C)c(OC)c(OC(C)C)c1)c1ccc(OC)cc1. The summed E-state index contributed by atoms with van der Waals surface area (Å²) in [6, 6.07) is 7.61. The lowest BCUT2D eigenvalue weighted by Crippen LogP contribution is -2.50. The molecule has 56 heavy (non-hydrogen) atoms. The molecule has 0 radical (unpaired) electrons. The van der Waals surface area contributed by atoms with E-state index in [0.717, 1.165) is 19.2 Å². The summed E-state index contributed by atoms with van der Waals surface area (Å²) in [5.41, 5.74) is -1.25. The largest absolute Gasteiger partial charge is 0.497 e. The van der Waals surface area contributed by atoms with Crippen LogP contribution < -0.4 is 34.9 Å². The van der Waals surface area contributed by atoms with Gasteiger partial charge >= 0.3 is 17.7 Å². The third kappa shape index (κ3) is 12.5. The highest BCUT2D eigenvalue weighted by Gasteiger charge is 2.34. The Labute approximate surface area is 324 Å². The summed E-state index contributed by atoms with van der Waals surface area (Å²) >= 11 is 0. The molecule has 3 aromatic carbocycles. The number of carbonyl (C=O) groups excluding carboxylic acids is 4. The van der Waals surface area contributed by atoms with E-state index >= 15 is 0 Å². The molecule has 0 spiro atoms. The van der Waals surface area contributed by atoms with Gasteiger partial charge in [-0.25, -0.2) is 9.59 Å². The van der Waals surface area contributed by atoms with Crippen LogP contribution in [0.1, 0.15) is 77.2 Å². The van der Waals surface area contributed by atoms with Crippen LogP contribution >= 0.6 is 0 Å². The van der Waals surface area contributed by atoms with Crippen molar-refractivity contribution < 1.29 is 56.9 Å². The normalized spacial score (nSPS) is 12.8. The monoisotopic (exact) mass is 784 g/mol. The Morgan fingerprint density at radius 2 is 1.32 bits per heavy atom. The van der Waals surface area contributed by atoms with E-state index in [-0.39, 0.29) is 52.6 Å². The lowest BCUT2D eigenvalue weighted by molar-refractivity contribution is -0.387. The summed E-state index contributed by atoms with van der Waals surface area (Å²) < 4.78 is 47.4. The molecular formula is C39H49FN4O12. The Kier molecular flexibility index (Phi) is 15.4. The summed E-state index contributed by atoms with van der Waals surface area (Å²) in [5, 5.41) is 19.2. The minimum Gasteiger partial charge on any atom is -0.497 e. The van der Waals surface area contributed by atoms with E-state index in [1.165, 1.54) is 44.6 Å². The second kappa shape index (κ2) is 19.5. The first-order chi connectivity index (χ1) is 26.3. The summed E-state index contributed by atoms with van der Waals surface area (Å²) in [6.07, 6.45) is -1.99. The quantitative estimate of drug-likeness (QED) is 0.0864. The van der Waals surface area contributed by atoms with Crippen molar-refractivity contribution in [2.24, 2.45) is 0 Å². The number of methoxy groups -OCH3 is 3. The Balaban J connectivity index is 2.15. The number of amides is 3. The van der Waals surface area contributed by atoms with Crippen molar-refractivity contribution in [1.82, 2.24) is 16.0 Å². The fraction of sp³-hybridized carbons (Fsp3) is 0.436. The lowest BCUT2D eigenvalue weighted by atomic mass is 10.0. The van der Waals surface area contributed by atoms with Crippen molar-refractivity contribution in [2.45, 2.75) is 90.8 Å². The van der Waals surface area contributed by atoms with Crippen molar-refractivity contribution in [3.63, 3.8) is 0 Å². The minimum atomic E-state index is -1.54. The van der Waals surface area contributed by atoms with Gasteiger partial charge in [-0.3, -0.25) is 19.7 Å². The highest BCUT2D eigenvalue weighted by molar-refractivity contribution is 5.94. The van der Waals surface area contributed by atoms with Crippen molar-refractivity contribution in [3.8, 4) is 23.0 Å². The van der Waals surface area contributed by atoms with Crippen molar-refractivity contribution in [3.05, 3.63) is 87.2 Å². The van der Waals surface area contributed by atoms with Crippen LogP contribution in [-0.2, 0) is 30.3 Å². The number of carbonyl (C=O) groups is 4. The van der Waals surface area contributed by atoms with Crippen LogP contribution in [0.2, 0.25) is 0 Å². The lowest BCUT2D eigenvalue weighted by Gasteiger charge is -2.27. The molecule has 0 bridgehead atoms. The van der Waals surface area contributed by atoms with E-state index in [0.29, 0.717) is 5.75 Å². The number of nitro benzene ring substituents is 1. The molecule has 0 aliphatic carbocycles. The Morgan fingerprint density at radius 3 is 1.80 bits per heavy atom. The van der Waals surface area contributed by atoms with Crippen LogP contribution in [0.3, 0.4) is 0 Å². The highest BCUT2D eigenvalue weighted by atomic mass is 19.1. The second-order valence-electron chi connectivity index (χ2n) is 14.0. The molecule has 3 rings (SSSR count). The van der Waals surface area contributed by atoms with Gasteiger partial charge in [0.15, 0.2) is 11.5 Å². The molecule has 0 heterocycles. The number of nitro groups is 1. The standard InChI is InChI=1S/C39H49FN4O12/c1-21(2)54-30-19-25(20-31(34(30)52-9)55-22(3)4)33(43-38(48)56-39(5,6)7)36(46)42-32(24-12-14-26(51-8)15-13-24)35(45)41-28(37(47)53-10)17-23-11-16-27(40)29(18-23)44(49)50/h11-16,18-22,28,32-33H,17H2,1-10H3,(H,41,45)(H,42,46)(H,43,48)/t28-,32+,33+/m0/s1. The van der Waals surface area contributed by atoms with E-state index in [9.17, 15) is 33.7 Å². The Morgan fingerprint density at radius 1 is 0.768 bits per heavy atom. The van der Waals surface area contributed by atoms with Gasteiger partial charge in [0.2, 0.25) is 23.4 Å². The number of hydrogen-bond donors (Lipinski definition) is 3. The van der Waals surface area contributed by atoms with Crippen molar-refractivity contribution in [2.75, 3.05) is 21.3 Å². The van der Waals surface area contributed by atoms with Gasteiger partial charge < -0.3 is 44.4 Å². The van der Waals surface area contributed by atoms with Crippen LogP contribution in [0.4, 0.5) is 14.9 Å². The molecule has 16 nitrogen and oxygen atoms in total. The van der Waals surface area contributed by atoms with Gasteiger partial charge in [-0.2, -0.15) is 4.39 Å². The molecule has 17 heteroatoms. The molecule has 0 fully saturated rings. The zero-order valence-corrected chi connectivity index (χ0v) is 33.0. The van der Waals surface area contributed by atoms with Gasteiger partial charge in [-0.05, 0) is 95.5 Å². The van der Waals surface area contributed by atoms with Gasteiger partial charge in [-0.1, -0.05) is 18.2 Å². The van der Waals surface area contributed by atoms with Gasteiger partial charge in [0.25, 0.3) is 0 Å². The maximum atomic E-state index is 14.5. The first-order valence-electron chi connectivity index (χ1n) is 17.6.